The minimum Gasteiger partial charge on any atom is -0.333 e. The van der Waals surface area contributed by atoms with Crippen LogP contribution in [0.1, 0.15) is 0 Å². The highest BCUT2D eigenvalue weighted by molar-refractivity contribution is 14.2. The fourth-order valence-electron chi connectivity index (χ4n) is 0.600. The van der Waals surface area contributed by atoms with Crippen molar-refractivity contribution in [2.75, 3.05) is 0 Å². The van der Waals surface area contributed by atoms with E-state index in [1.807, 2.05) is 12.5 Å². The Hall–Kier alpha value is 1.14. The number of halogens is 3. The van der Waals surface area contributed by atoms with Crippen LogP contribution in [0.3, 0.4) is 0 Å². The van der Waals surface area contributed by atoms with Crippen molar-refractivity contribution in [1.82, 2.24) is 9.55 Å². The second kappa shape index (κ2) is 5.00. The molecule has 1 aromatic rings. The summed E-state index contributed by atoms with van der Waals surface area (Å²) in [5.41, 5.74) is 0. The Bertz CT molecular complexity index is 249. The summed E-state index contributed by atoms with van der Waals surface area (Å²) in [7, 11) is 0. The molecule has 0 saturated carbocycles. The first-order valence-electron chi connectivity index (χ1n) is 2.85. The maximum atomic E-state index is 3.97. The maximum Gasteiger partial charge on any atom is 0.0949 e. The first-order chi connectivity index (χ1) is 5.20. The molecule has 5 heteroatoms. The van der Waals surface area contributed by atoms with Crippen LogP contribution in [0, 0.1) is 0 Å². The lowest BCUT2D eigenvalue weighted by molar-refractivity contribution is 0.817. The van der Waals surface area contributed by atoms with Gasteiger partial charge < -0.3 is 4.57 Å². The van der Waals surface area contributed by atoms with Crippen molar-refractivity contribution >= 4 is 67.8 Å². The summed E-state index contributed by atoms with van der Waals surface area (Å²) in [5.74, 6) is 0. The summed E-state index contributed by atoms with van der Waals surface area (Å²) >= 11 is 6.99. The van der Waals surface area contributed by atoms with Gasteiger partial charge in [0.05, 0.1) is 14.5 Å². The minimum atomic E-state index is 0.932. The molecular formula is C6H5I3N2. The van der Waals surface area contributed by atoms with Gasteiger partial charge >= 0.3 is 0 Å². The monoisotopic (exact) mass is 486 g/mol. The molecule has 0 N–H and O–H groups in total. The number of aromatic nitrogens is 2. The van der Waals surface area contributed by atoms with Crippen LogP contribution in [0.25, 0.3) is 0 Å². The molecule has 11 heavy (non-hydrogen) atoms. The zero-order chi connectivity index (χ0) is 8.27. The van der Waals surface area contributed by atoms with Crippen molar-refractivity contribution in [3.05, 3.63) is 23.9 Å². The first-order valence-corrected chi connectivity index (χ1v) is 6.09. The fraction of sp³-hybridized carbons (Fsp3) is 0.167. The molecule has 0 aliphatic rings. The highest BCUT2D eigenvalue weighted by Gasteiger charge is 1.97. The summed E-state index contributed by atoms with van der Waals surface area (Å²) in [6, 6.07) is 0. The molecule has 0 aromatic carbocycles. The molecule has 0 aliphatic heterocycles. The van der Waals surface area contributed by atoms with Crippen LogP contribution < -0.4 is 0 Å². The lowest BCUT2D eigenvalue weighted by Gasteiger charge is -1.99. The minimum absolute atomic E-state index is 0.932. The number of imidazole rings is 1. The molecule has 0 unspecified atom stereocenters. The second-order valence-electron chi connectivity index (χ2n) is 1.90. The van der Waals surface area contributed by atoms with Crippen molar-refractivity contribution in [2.45, 2.75) is 6.54 Å². The Morgan fingerprint density at radius 1 is 1.36 bits per heavy atom. The summed E-state index contributed by atoms with van der Waals surface area (Å²) in [6.07, 6.45) is 5.59. The lowest BCUT2D eigenvalue weighted by atomic mass is 10.6. The van der Waals surface area contributed by atoms with E-state index in [1.54, 1.807) is 6.20 Å². The van der Waals surface area contributed by atoms with Crippen molar-refractivity contribution in [3.63, 3.8) is 0 Å². The Morgan fingerprint density at radius 3 is 2.55 bits per heavy atom. The van der Waals surface area contributed by atoms with E-state index in [-0.39, 0.29) is 0 Å². The van der Waals surface area contributed by atoms with Gasteiger partial charge in [0.1, 0.15) is 0 Å². The van der Waals surface area contributed by atoms with Gasteiger partial charge in [-0.3, -0.25) is 0 Å². The quantitative estimate of drug-likeness (QED) is 0.588. The molecule has 0 atom stereocenters. The molecule has 0 aliphatic carbocycles. The predicted octanol–water partition coefficient (Wildman–Crippen LogP) is 3.36. The summed E-state index contributed by atoms with van der Waals surface area (Å²) < 4.78 is 4.72. The summed E-state index contributed by atoms with van der Waals surface area (Å²) in [6.45, 7) is 0.932. The van der Waals surface area contributed by atoms with Gasteiger partial charge in [0.25, 0.3) is 0 Å². The van der Waals surface area contributed by atoms with Crippen LogP contribution in [0.5, 0.6) is 0 Å². The van der Waals surface area contributed by atoms with E-state index in [2.05, 4.69) is 77.3 Å². The molecular weight excluding hydrogens is 481 g/mol. The van der Waals surface area contributed by atoms with E-state index in [0.29, 0.717) is 0 Å². The number of hydrogen-bond donors (Lipinski definition) is 0. The van der Waals surface area contributed by atoms with Gasteiger partial charge in [-0.15, -0.1) is 0 Å². The molecule has 1 heterocycles. The maximum absolute atomic E-state index is 3.97. The van der Waals surface area contributed by atoms with Crippen molar-refractivity contribution < 1.29 is 0 Å². The van der Waals surface area contributed by atoms with Crippen LogP contribution in [-0.2, 0) is 6.54 Å². The molecule has 0 amide bonds. The van der Waals surface area contributed by atoms with E-state index in [1.165, 1.54) is 5.17 Å². The zero-order valence-electron chi connectivity index (χ0n) is 5.47. The topological polar surface area (TPSA) is 17.8 Å². The zero-order valence-corrected chi connectivity index (χ0v) is 11.9. The third kappa shape index (κ3) is 3.57. The van der Waals surface area contributed by atoms with Gasteiger partial charge in [0.15, 0.2) is 0 Å². The molecule has 1 aromatic heterocycles. The van der Waals surface area contributed by atoms with E-state index < -0.39 is 0 Å². The predicted molar refractivity (Wildman–Crippen MR) is 71.3 cm³/mol. The van der Waals surface area contributed by atoms with Gasteiger partial charge in [0, 0.05) is 16.0 Å². The van der Waals surface area contributed by atoms with Crippen molar-refractivity contribution in [1.29, 1.82) is 0 Å². The fourth-order valence-corrected chi connectivity index (χ4v) is 1.34. The number of nitrogens with zero attached hydrogens (tertiary/aromatic N) is 2. The lowest BCUT2D eigenvalue weighted by Crippen LogP contribution is -1.93. The largest absolute Gasteiger partial charge is 0.333 e. The van der Waals surface area contributed by atoms with E-state index in [4.69, 9.17) is 0 Å². The Kier molecular flexibility index (Phi) is 4.64. The van der Waals surface area contributed by atoms with Crippen LogP contribution in [-0.4, -0.2) is 9.55 Å². The number of allylic oxidation sites excluding steroid dienone is 1. The molecule has 0 spiro atoms. The van der Waals surface area contributed by atoms with Crippen LogP contribution in [0.4, 0.5) is 0 Å². The molecule has 0 bridgehead atoms. The number of rotatable bonds is 2. The van der Waals surface area contributed by atoms with Crippen LogP contribution >= 0.6 is 67.8 Å². The molecule has 60 valence electrons. The van der Waals surface area contributed by atoms with Gasteiger partial charge in [0.2, 0.25) is 0 Å². The standard InChI is InChI=1S/C6H5I3N2/c7-5(6(8)9)3-11-2-1-10-4-11/h1-2,4H,3H2. The van der Waals surface area contributed by atoms with E-state index in [0.717, 1.165) is 6.54 Å². The second-order valence-corrected chi connectivity index (χ2v) is 7.42. The van der Waals surface area contributed by atoms with E-state index in [9.17, 15) is 0 Å². The van der Waals surface area contributed by atoms with Gasteiger partial charge in [-0.25, -0.2) is 4.98 Å². The average Bonchev–Trinajstić information content (AvgIpc) is 2.39. The van der Waals surface area contributed by atoms with Crippen LogP contribution in [0.2, 0.25) is 0 Å². The highest BCUT2D eigenvalue weighted by Crippen LogP contribution is 2.26. The molecule has 0 radical (unpaired) electrons. The van der Waals surface area contributed by atoms with Gasteiger partial charge in [-0.05, 0) is 67.8 Å². The van der Waals surface area contributed by atoms with Crippen LogP contribution in [0.15, 0.2) is 23.9 Å². The van der Waals surface area contributed by atoms with E-state index >= 15 is 0 Å². The molecule has 0 saturated heterocycles. The smallest absolute Gasteiger partial charge is 0.0949 e. The normalized spacial score (nSPS) is 9.73. The van der Waals surface area contributed by atoms with Gasteiger partial charge in [-0.2, -0.15) is 0 Å². The van der Waals surface area contributed by atoms with Gasteiger partial charge in [-0.1, -0.05) is 0 Å². The summed E-state index contributed by atoms with van der Waals surface area (Å²) in [5, 5.41) is 0. The van der Waals surface area contributed by atoms with Crippen molar-refractivity contribution in [3.8, 4) is 0 Å². The first kappa shape index (κ1) is 10.2. The Labute approximate surface area is 106 Å². The Balaban J connectivity index is 2.65. The highest BCUT2D eigenvalue weighted by atomic mass is 127. The molecule has 2 nitrogen and oxygen atoms in total. The molecule has 0 fully saturated rings. The SMILES string of the molecule is IC(I)=C(I)Cn1ccnc1. The number of hydrogen-bond acceptors (Lipinski definition) is 1. The Morgan fingerprint density at radius 2 is 2.09 bits per heavy atom. The average molecular weight is 486 g/mol. The third-order valence-electron chi connectivity index (χ3n) is 1.09. The van der Waals surface area contributed by atoms with Crippen molar-refractivity contribution in [2.24, 2.45) is 0 Å². The molecule has 1 rings (SSSR count). The third-order valence-corrected chi connectivity index (χ3v) is 5.33. The summed E-state index contributed by atoms with van der Waals surface area (Å²) in [4.78, 5) is 3.97.